The van der Waals surface area contributed by atoms with E-state index in [-0.39, 0.29) is 0 Å². The Bertz CT molecular complexity index is 574. The maximum Gasteiger partial charge on any atom is 0.0197 e. The lowest BCUT2D eigenvalue weighted by molar-refractivity contribution is 0.432. The molecular weight excluding hydrogens is 278 g/mol. The van der Waals surface area contributed by atoms with E-state index in [2.05, 4.69) is 55.9 Å². The Morgan fingerprint density at radius 3 is 2.61 bits per heavy atom. The number of nitrogens with zero attached hydrogens (tertiary/aromatic N) is 1. The first-order valence-electron chi connectivity index (χ1n) is 9.29. The third kappa shape index (κ3) is 4.73. The van der Waals surface area contributed by atoms with Gasteiger partial charge in [-0.3, -0.25) is 0 Å². The fourth-order valence-electron chi connectivity index (χ4n) is 3.70. The highest BCUT2D eigenvalue weighted by Gasteiger charge is 2.21. The monoisotopic (exact) mass is 309 g/mol. The van der Waals surface area contributed by atoms with Crippen LogP contribution in [-0.2, 0) is 6.42 Å². The molecule has 124 valence electrons. The lowest BCUT2D eigenvalue weighted by Gasteiger charge is -2.15. The standard InChI is InChI=1S/C22H31N/c1-17-8-11-21(15-22(17)14-19-6-4-5-7-19)18(2)12-13-23(3)16-20-9-10-20/h8,11-13,15,19-20H,2,4-7,9-10,14,16H2,1,3H3/b13-12-. The van der Waals surface area contributed by atoms with Crippen LogP contribution in [0.15, 0.2) is 37.1 Å². The predicted molar refractivity (Wildman–Crippen MR) is 100 cm³/mol. The van der Waals surface area contributed by atoms with Gasteiger partial charge in [0.15, 0.2) is 0 Å². The molecule has 0 atom stereocenters. The average Bonchev–Trinajstić information content (AvgIpc) is 3.19. The lowest BCUT2D eigenvalue weighted by Crippen LogP contribution is -2.13. The molecule has 0 bridgehead atoms. The van der Waals surface area contributed by atoms with Crippen LogP contribution in [0.2, 0.25) is 0 Å². The van der Waals surface area contributed by atoms with E-state index in [0.717, 1.165) is 17.4 Å². The minimum atomic E-state index is 0.900. The Hall–Kier alpha value is -1.50. The van der Waals surface area contributed by atoms with Gasteiger partial charge in [-0.05, 0) is 72.6 Å². The lowest BCUT2D eigenvalue weighted by atomic mass is 9.92. The van der Waals surface area contributed by atoms with Crippen LogP contribution >= 0.6 is 0 Å². The van der Waals surface area contributed by atoms with Gasteiger partial charge in [0.25, 0.3) is 0 Å². The Morgan fingerprint density at radius 1 is 1.17 bits per heavy atom. The second kappa shape index (κ2) is 7.38. The molecule has 1 heteroatoms. The van der Waals surface area contributed by atoms with Crippen molar-refractivity contribution in [1.82, 2.24) is 4.90 Å². The summed E-state index contributed by atoms with van der Waals surface area (Å²) in [6.45, 7) is 7.71. The molecule has 0 spiro atoms. The zero-order valence-corrected chi connectivity index (χ0v) is 14.9. The van der Waals surface area contributed by atoms with E-state index < -0.39 is 0 Å². The van der Waals surface area contributed by atoms with Gasteiger partial charge in [0.2, 0.25) is 0 Å². The molecule has 0 unspecified atom stereocenters. The number of allylic oxidation sites excluding steroid dienone is 2. The molecule has 2 aliphatic carbocycles. The largest absolute Gasteiger partial charge is 0.380 e. The quantitative estimate of drug-likeness (QED) is 0.593. The van der Waals surface area contributed by atoms with Crippen molar-refractivity contribution in [1.29, 1.82) is 0 Å². The highest BCUT2D eigenvalue weighted by Crippen LogP contribution is 2.31. The summed E-state index contributed by atoms with van der Waals surface area (Å²) in [5.74, 6) is 1.83. The molecule has 1 nitrogen and oxygen atoms in total. The van der Waals surface area contributed by atoms with E-state index in [9.17, 15) is 0 Å². The molecule has 2 fully saturated rings. The fourth-order valence-corrected chi connectivity index (χ4v) is 3.70. The van der Waals surface area contributed by atoms with Gasteiger partial charge in [-0.15, -0.1) is 0 Å². The number of benzene rings is 1. The first-order chi connectivity index (χ1) is 11.1. The Balaban J connectivity index is 1.63. The summed E-state index contributed by atoms with van der Waals surface area (Å²) >= 11 is 0. The fraction of sp³-hybridized carbons (Fsp3) is 0.545. The minimum absolute atomic E-state index is 0.900. The summed E-state index contributed by atoms with van der Waals surface area (Å²) in [5, 5.41) is 0. The first-order valence-corrected chi connectivity index (χ1v) is 9.29. The van der Waals surface area contributed by atoms with Crippen molar-refractivity contribution in [2.75, 3.05) is 13.6 Å². The molecule has 3 rings (SSSR count). The highest BCUT2D eigenvalue weighted by molar-refractivity contribution is 5.72. The molecule has 0 N–H and O–H groups in total. The summed E-state index contributed by atoms with van der Waals surface area (Å²) in [5.41, 5.74) is 5.36. The zero-order valence-electron chi connectivity index (χ0n) is 14.9. The van der Waals surface area contributed by atoms with Gasteiger partial charge in [-0.2, -0.15) is 0 Å². The van der Waals surface area contributed by atoms with Gasteiger partial charge < -0.3 is 4.90 Å². The molecular formula is C22H31N. The number of aryl methyl sites for hydroxylation is 1. The van der Waals surface area contributed by atoms with Gasteiger partial charge in [0, 0.05) is 13.6 Å². The molecule has 0 radical (unpaired) electrons. The van der Waals surface area contributed by atoms with E-state index in [0.29, 0.717) is 0 Å². The van der Waals surface area contributed by atoms with Crippen LogP contribution in [0.1, 0.15) is 55.2 Å². The second-order valence-corrected chi connectivity index (χ2v) is 7.72. The van der Waals surface area contributed by atoms with Crippen LogP contribution in [0.25, 0.3) is 5.57 Å². The van der Waals surface area contributed by atoms with Crippen LogP contribution < -0.4 is 0 Å². The molecule has 0 amide bonds. The third-order valence-corrected chi connectivity index (χ3v) is 5.48. The van der Waals surface area contributed by atoms with E-state index in [1.165, 1.54) is 68.2 Å². The number of hydrogen-bond acceptors (Lipinski definition) is 1. The van der Waals surface area contributed by atoms with Gasteiger partial charge in [-0.1, -0.05) is 50.5 Å². The summed E-state index contributed by atoms with van der Waals surface area (Å²) in [4.78, 5) is 2.30. The van der Waals surface area contributed by atoms with Crippen molar-refractivity contribution in [3.05, 3.63) is 53.7 Å². The maximum atomic E-state index is 4.28. The molecule has 1 aromatic rings. The van der Waals surface area contributed by atoms with Crippen molar-refractivity contribution in [2.24, 2.45) is 11.8 Å². The molecule has 0 saturated heterocycles. The Kier molecular flexibility index (Phi) is 5.25. The zero-order chi connectivity index (χ0) is 16.2. The van der Waals surface area contributed by atoms with E-state index in [4.69, 9.17) is 0 Å². The van der Waals surface area contributed by atoms with E-state index >= 15 is 0 Å². The van der Waals surface area contributed by atoms with Crippen LogP contribution in [0.4, 0.5) is 0 Å². The number of hydrogen-bond donors (Lipinski definition) is 0. The summed E-state index contributed by atoms with van der Waals surface area (Å²) < 4.78 is 0. The van der Waals surface area contributed by atoms with E-state index in [1.807, 2.05) is 0 Å². The SMILES string of the molecule is C=C(/C=C\N(C)CC1CC1)c1ccc(C)c(CC2CCCC2)c1. The molecule has 0 aliphatic heterocycles. The van der Waals surface area contributed by atoms with Crippen molar-refractivity contribution < 1.29 is 0 Å². The van der Waals surface area contributed by atoms with Crippen LogP contribution in [0.5, 0.6) is 0 Å². The first kappa shape index (κ1) is 16.4. The normalized spacial score (nSPS) is 18.7. The van der Waals surface area contributed by atoms with Crippen LogP contribution in [0.3, 0.4) is 0 Å². The van der Waals surface area contributed by atoms with Crippen molar-refractivity contribution >= 4 is 5.57 Å². The smallest absolute Gasteiger partial charge is 0.0197 e. The summed E-state index contributed by atoms with van der Waals surface area (Å²) in [7, 11) is 2.17. The summed E-state index contributed by atoms with van der Waals surface area (Å²) in [6, 6.07) is 6.87. The number of rotatable bonds is 7. The molecule has 1 aromatic carbocycles. The van der Waals surface area contributed by atoms with Crippen molar-refractivity contribution in [3.63, 3.8) is 0 Å². The molecule has 23 heavy (non-hydrogen) atoms. The van der Waals surface area contributed by atoms with Gasteiger partial charge in [0.05, 0.1) is 0 Å². The second-order valence-electron chi connectivity index (χ2n) is 7.72. The predicted octanol–water partition coefficient (Wildman–Crippen LogP) is 5.60. The maximum absolute atomic E-state index is 4.28. The van der Waals surface area contributed by atoms with Gasteiger partial charge in [0.1, 0.15) is 0 Å². The molecule has 0 heterocycles. The molecule has 2 saturated carbocycles. The minimum Gasteiger partial charge on any atom is -0.380 e. The summed E-state index contributed by atoms with van der Waals surface area (Å²) in [6.07, 6.45) is 14.1. The third-order valence-electron chi connectivity index (χ3n) is 5.48. The average molecular weight is 309 g/mol. The van der Waals surface area contributed by atoms with Crippen molar-refractivity contribution in [3.8, 4) is 0 Å². The highest BCUT2D eigenvalue weighted by atomic mass is 15.1. The van der Waals surface area contributed by atoms with Gasteiger partial charge in [-0.25, -0.2) is 0 Å². The van der Waals surface area contributed by atoms with Crippen LogP contribution in [0, 0.1) is 18.8 Å². The Labute approximate surface area is 142 Å². The van der Waals surface area contributed by atoms with Crippen LogP contribution in [-0.4, -0.2) is 18.5 Å². The Morgan fingerprint density at radius 2 is 1.91 bits per heavy atom. The van der Waals surface area contributed by atoms with E-state index in [1.54, 1.807) is 0 Å². The topological polar surface area (TPSA) is 3.24 Å². The molecule has 2 aliphatic rings. The molecule has 0 aromatic heterocycles. The van der Waals surface area contributed by atoms with Crippen molar-refractivity contribution in [2.45, 2.75) is 51.9 Å². The van der Waals surface area contributed by atoms with Gasteiger partial charge >= 0.3 is 0 Å².